The molecule has 4 N–H and O–H groups in total. The van der Waals surface area contributed by atoms with E-state index in [9.17, 15) is 13.6 Å². The average molecular weight is 394 g/mol. The molecule has 0 saturated carbocycles. The van der Waals surface area contributed by atoms with Gasteiger partial charge in [-0.2, -0.15) is 0 Å². The smallest absolute Gasteiger partial charge is 0.411 e. The van der Waals surface area contributed by atoms with E-state index >= 15 is 0 Å². The summed E-state index contributed by atoms with van der Waals surface area (Å²) in [6.07, 6.45) is -0.382. The average Bonchev–Trinajstić information content (AvgIpc) is 2.58. The van der Waals surface area contributed by atoms with E-state index in [1.165, 1.54) is 24.5 Å². The molecule has 0 aliphatic heterocycles. The molecule has 0 aliphatic carbocycles. The topological polar surface area (TPSA) is 113 Å². The zero-order valence-corrected chi connectivity index (χ0v) is 16.0. The van der Waals surface area contributed by atoms with E-state index in [4.69, 9.17) is 20.9 Å². The van der Waals surface area contributed by atoms with Crippen molar-refractivity contribution in [3.05, 3.63) is 36.2 Å². The summed E-state index contributed by atoms with van der Waals surface area (Å²) in [5, 5.41) is 0. The molecule has 2 aromatic rings. The van der Waals surface area contributed by atoms with Gasteiger partial charge in [-0.3, -0.25) is 0 Å². The van der Waals surface area contributed by atoms with E-state index in [0.717, 1.165) is 0 Å². The van der Waals surface area contributed by atoms with Gasteiger partial charge in [0, 0.05) is 29.6 Å². The number of hydrogen-bond acceptors (Lipinski definition) is 6. The Morgan fingerprint density at radius 1 is 1.25 bits per heavy atom. The Morgan fingerprint density at radius 2 is 1.96 bits per heavy atom. The van der Waals surface area contributed by atoms with E-state index < -0.39 is 18.1 Å². The lowest BCUT2D eigenvalue weighted by molar-refractivity contribution is 0.137. The zero-order chi connectivity index (χ0) is 20.9. The molecule has 0 aromatic carbocycles. The summed E-state index contributed by atoms with van der Waals surface area (Å²) in [5.74, 6) is 0.130. The van der Waals surface area contributed by atoms with Crippen LogP contribution in [0, 0.1) is 5.92 Å². The molecule has 0 aliphatic rings. The number of carbonyl (C=O) groups is 1. The maximum Gasteiger partial charge on any atom is 0.411 e. The van der Waals surface area contributed by atoms with Crippen molar-refractivity contribution >= 4 is 6.09 Å². The van der Waals surface area contributed by atoms with E-state index in [1.54, 1.807) is 13.0 Å². The van der Waals surface area contributed by atoms with Crippen LogP contribution in [0.15, 0.2) is 30.6 Å². The van der Waals surface area contributed by atoms with Crippen molar-refractivity contribution in [2.75, 3.05) is 6.61 Å². The van der Waals surface area contributed by atoms with Gasteiger partial charge in [-0.05, 0) is 37.0 Å². The molecule has 0 bridgehead atoms. The second-order valence-electron chi connectivity index (χ2n) is 7.26. The van der Waals surface area contributed by atoms with Crippen molar-refractivity contribution in [1.82, 2.24) is 9.97 Å². The number of primary amides is 1. The standard InChI is InChI=1S/C19H24F2N4O3/c1-11(2)8-19(3,23)10-27-17-14(16(20)21)6-13(9-25-17)12-4-5-24-15(7-12)28-18(22)26/h4-7,9,11,16H,8,10,23H2,1-3H3,(H2,22,26). The van der Waals surface area contributed by atoms with Crippen LogP contribution in [0.25, 0.3) is 11.1 Å². The normalized spacial score (nSPS) is 13.4. The van der Waals surface area contributed by atoms with Crippen LogP contribution < -0.4 is 20.9 Å². The number of hydrogen-bond donors (Lipinski definition) is 2. The van der Waals surface area contributed by atoms with E-state index in [2.05, 4.69) is 9.97 Å². The van der Waals surface area contributed by atoms with Crippen LogP contribution in [0.2, 0.25) is 0 Å². The maximum atomic E-state index is 13.6. The van der Waals surface area contributed by atoms with Crippen LogP contribution in [-0.4, -0.2) is 28.2 Å². The lowest BCUT2D eigenvalue weighted by Gasteiger charge is -2.26. The fraction of sp³-hybridized carbons (Fsp3) is 0.421. The Kier molecular flexibility index (Phi) is 6.85. The third kappa shape index (κ3) is 6.12. The lowest BCUT2D eigenvalue weighted by atomic mass is 9.93. The molecule has 0 saturated heterocycles. The van der Waals surface area contributed by atoms with Crippen molar-refractivity contribution in [3.8, 4) is 22.9 Å². The molecule has 152 valence electrons. The first-order valence-electron chi connectivity index (χ1n) is 8.71. The first kappa shape index (κ1) is 21.5. The van der Waals surface area contributed by atoms with Gasteiger partial charge in [0.25, 0.3) is 6.43 Å². The Bertz CT molecular complexity index is 829. The monoisotopic (exact) mass is 394 g/mol. The number of nitrogens with two attached hydrogens (primary N) is 2. The second-order valence-corrected chi connectivity index (χ2v) is 7.26. The molecular weight excluding hydrogens is 370 g/mol. The number of pyridine rings is 2. The van der Waals surface area contributed by atoms with Crippen molar-refractivity contribution in [2.24, 2.45) is 17.4 Å². The van der Waals surface area contributed by atoms with Gasteiger partial charge in [-0.15, -0.1) is 0 Å². The van der Waals surface area contributed by atoms with Gasteiger partial charge in [0.1, 0.15) is 6.61 Å². The fourth-order valence-corrected chi connectivity index (χ4v) is 2.88. The van der Waals surface area contributed by atoms with E-state index in [1.807, 2.05) is 13.8 Å². The Balaban J connectivity index is 2.27. The summed E-state index contributed by atoms with van der Waals surface area (Å²) < 4.78 is 37.3. The maximum absolute atomic E-state index is 13.6. The van der Waals surface area contributed by atoms with Crippen LogP contribution in [-0.2, 0) is 0 Å². The summed E-state index contributed by atoms with van der Waals surface area (Å²) in [7, 11) is 0. The van der Waals surface area contributed by atoms with Gasteiger partial charge in [0.15, 0.2) is 0 Å². The number of amides is 1. The summed E-state index contributed by atoms with van der Waals surface area (Å²) in [4.78, 5) is 18.7. The quantitative estimate of drug-likeness (QED) is 0.706. The highest BCUT2D eigenvalue weighted by Crippen LogP contribution is 2.32. The number of ether oxygens (including phenoxy) is 2. The highest BCUT2D eigenvalue weighted by molar-refractivity contribution is 5.69. The van der Waals surface area contributed by atoms with Crippen molar-refractivity contribution < 1.29 is 23.0 Å². The minimum Gasteiger partial charge on any atom is -0.475 e. The minimum atomic E-state index is -2.79. The molecule has 0 radical (unpaired) electrons. The number of aromatic nitrogens is 2. The Hall–Kier alpha value is -2.81. The first-order valence-corrected chi connectivity index (χ1v) is 8.71. The van der Waals surface area contributed by atoms with Crippen LogP contribution in [0.4, 0.5) is 13.6 Å². The molecule has 28 heavy (non-hydrogen) atoms. The summed E-state index contributed by atoms with van der Waals surface area (Å²) >= 11 is 0. The summed E-state index contributed by atoms with van der Waals surface area (Å²) in [6, 6.07) is 4.24. The van der Waals surface area contributed by atoms with Crippen LogP contribution in [0.1, 0.15) is 39.2 Å². The molecular formula is C19H24F2N4O3. The second kappa shape index (κ2) is 8.92. The van der Waals surface area contributed by atoms with Crippen LogP contribution in [0.3, 0.4) is 0 Å². The number of rotatable bonds is 8. The third-order valence-corrected chi connectivity index (χ3v) is 3.80. The van der Waals surface area contributed by atoms with Gasteiger partial charge in [-0.25, -0.2) is 23.5 Å². The lowest BCUT2D eigenvalue weighted by Crippen LogP contribution is -2.43. The highest BCUT2D eigenvalue weighted by Gasteiger charge is 2.24. The van der Waals surface area contributed by atoms with Gasteiger partial charge in [0.2, 0.25) is 11.8 Å². The third-order valence-electron chi connectivity index (χ3n) is 3.80. The molecule has 7 nitrogen and oxygen atoms in total. The molecule has 0 spiro atoms. The minimum absolute atomic E-state index is 0.0449. The Labute approximate surface area is 162 Å². The van der Waals surface area contributed by atoms with Crippen LogP contribution >= 0.6 is 0 Å². The summed E-state index contributed by atoms with van der Waals surface area (Å²) in [5.41, 5.74) is 11.0. The Morgan fingerprint density at radius 3 is 2.57 bits per heavy atom. The molecule has 0 fully saturated rings. The largest absolute Gasteiger partial charge is 0.475 e. The zero-order valence-electron chi connectivity index (χ0n) is 16.0. The van der Waals surface area contributed by atoms with Gasteiger partial charge >= 0.3 is 6.09 Å². The number of alkyl halides is 2. The number of nitrogens with zero attached hydrogens (tertiary/aromatic N) is 2. The molecule has 1 unspecified atom stereocenters. The molecule has 2 aromatic heterocycles. The van der Waals surface area contributed by atoms with Gasteiger partial charge in [-0.1, -0.05) is 13.8 Å². The number of halogens is 2. The van der Waals surface area contributed by atoms with Crippen molar-refractivity contribution in [2.45, 2.75) is 39.2 Å². The molecule has 1 atom stereocenters. The number of carbonyl (C=O) groups excluding carboxylic acids is 1. The van der Waals surface area contributed by atoms with Crippen molar-refractivity contribution in [1.29, 1.82) is 0 Å². The van der Waals surface area contributed by atoms with E-state index in [0.29, 0.717) is 23.5 Å². The van der Waals surface area contributed by atoms with Crippen molar-refractivity contribution in [3.63, 3.8) is 0 Å². The highest BCUT2D eigenvalue weighted by atomic mass is 19.3. The van der Waals surface area contributed by atoms with E-state index in [-0.39, 0.29) is 23.9 Å². The SMILES string of the molecule is CC(C)CC(C)(N)COc1ncc(-c2ccnc(OC(N)=O)c2)cc1C(F)F. The predicted octanol–water partition coefficient (Wildman–Crippen LogP) is 3.68. The van der Waals surface area contributed by atoms with Gasteiger partial charge in [0.05, 0.1) is 5.56 Å². The van der Waals surface area contributed by atoms with Crippen LogP contribution in [0.5, 0.6) is 11.8 Å². The molecule has 1 amide bonds. The fourth-order valence-electron chi connectivity index (χ4n) is 2.88. The summed E-state index contributed by atoms with van der Waals surface area (Å²) in [6.45, 7) is 5.91. The molecule has 2 heterocycles. The first-order chi connectivity index (χ1) is 13.1. The molecule has 9 heteroatoms. The molecule has 2 rings (SSSR count). The predicted molar refractivity (Wildman–Crippen MR) is 100 cm³/mol. The van der Waals surface area contributed by atoms with Gasteiger partial charge < -0.3 is 20.9 Å².